The molecular formula is C20H24N2O2. The monoisotopic (exact) mass is 324 g/mol. The molecule has 2 aromatic carbocycles. The summed E-state index contributed by atoms with van der Waals surface area (Å²) in [6.07, 6.45) is 0.784. The van der Waals surface area contributed by atoms with Gasteiger partial charge in [0.05, 0.1) is 0 Å². The minimum absolute atomic E-state index is 0.169. The zero-order valence-electron chi connectivity index (χ0n) is 14.5. The first-order valence-electron chi connectivity index (χ1n) is 8.29. The standard InChI is InChI=1S/C20H24N2O2/c1-4-16-9-11-17(12-10-16)21-19(23)14-20(24)22(5-2)18-8-6-7-15(3)13-18/h6-13H,4-5,14H2,1-3H3,(H,21,23). The van der Waals surface area contributed by atoms with Crippen molar-refractivity contribution in [3.63, 3.8) is 0 Å². The number of hydrogen-bond acceptors (Lipinski definition) is 2. The van der Waals surface area contributed by atoms with Crippen molar-refractivity contribution in [1.82, 2.24) is 0 Å². The number of carbonyl (C=O) groups excluding carboxylic acids is 2. The Labute approximate surface area is 143 Å². The molecule has 0 aliphatic heterocycles. The van der Waals surface area contributed by atoms with Gasteiger partial charge < -0.3 is 10.2 Å². The molecule has 1 N–H and O–H groups in total. The summed E-state index contributed by atoms with van der Waals surface area (Å²) >= 11 is 0. The number of carbonyl (C=O) groups is 2. The molecule has 0 saturated carbocycles. The Morgan fingerprint density at radius 1 is 1.04 bits per heavy atom. The molecule has 2 rings (SSSR count). The molecular weight excluding hydrogens is 300 g/mol. The van der Waals surface area contributed by atoms with Crippen LogP contribution in [0.3, 0.4) is 0 Å². The molecule has 2 aromatic rings. The van der Waals surface area contributed by atoms with Crippen molar-refractivity contribution < 1.29 is 9.59 Å². The van der Waals surface area contributed by atoms with Crippen molar-refractivity contribution in [3.8, 4) is 0 Å². The second-order valence-corrected chi connectivity index (χ2v) is 5.75. The summed E-state index contributed by atoms with van der Waals surface area (Å²) in [5.41, 5.74) is 3.83. The maximum atomic E-state index is 12.5. The van der Waals surface area contributed by atoms with Gasteiger partial charge in [0.1, 0.15) is 6.42 Å². The summed E-state index contributed by atoms with van der Waals surface area (Å²) in [4.78, 5) is 26.2. The largest absolute Gasteiger partial charge is 0.326 e. The third-order valence-corrected chi connectivity index (χ3v) is 3.89. The number of benzene rings is 2. The number of anilines is 2. The van der Waals surface area contributed by atoms with Crippen LogP contribution in [0, 0.1) is 6.92 Å². The van der Waals surface area contributed by atoms with Gasteiger partial charge in [-0.25, -0.2) is 0 Å². The van der Waals surface area contributed by atoms with Gasteiger partial charge in [0.15, 0.2) is 0 Å². The van der Waals surface area contributed by atoms with Crippen LogP contribution in [0.5, 0.6) is 0 Å². The quantitative estimate of drug-likeness (QED) is 0.818. The Bertz CT molecular complexity index is 708. The lowest BCUT2D eigenvalue weighted by atomic mass is 10.1. The van der Waals surface area contributed by atoms with E-state index >= 15 is 0 Å². The van der Waals surface area contributed by atoms with E-state index in [9.17, 15) is 9.59 Å². The number of nitrogens with zero attached hydrogens (tertiary/aromatic N) is 1. The van der Waals surface area contributed by atoms with E-state index in [4.69, 9.17) is 0 Å². The van der Waals surface area contributed by atoms with E-state index in [1.54, 1.807) is 4.90 Å². The van der Waals surface area contributed by atoms with Gasteiger partial charge >= 0.3 is 0 Å². The van der Waals surface area contributed by atoms with Crippen molar-refractivity contribution >= 4 is 23.2 Å². The number of aryl methyl sites for hydroxylation is 2. The fourth-order valence-electron chi connectivity index (χ4n) is 2.56. The van der Waals surface area contributed by atoms with E-state index in [1.165, 1.54) is 5.56 Å². The summed E-state index contributed by atoms with van der Waals surface area (Å²) in [7, 11) is 0. The molecule has 0 unspecified atom stereocenters. The van der Waals surface area contributed by atoms with Gasteiger partial charge in [0.25, 0.3) is 0 Å². The Balaban J connectivity index is 1.99. The van der Waals surface area contributed by atoms with Gasteiger partial charge in [-0.3, -0.25) is 9.59 Å². The first-order valence-corrected chi connectivity index (χ1v) is 8.29. The van der Waals surface area contributed by atoms with Gasteiger partial charge in [-0.2, -0.15) is 0 Å². The van der Waals surface area contributed by atoms with Crippen LogP contribution < -0.4 is 10.2 Å². The molecule has 24 heavy (non-hydrogen) atoms. The highest BCUT2D eigenvalue weighted by Gasteiger charge is 2.17. The van der Waals surface area contributed by atoms with Gasteiger partial charge in [-0.05, 0) is 55.7 Å². The maximum absolute atomic E-state index is 12.5. The number of hydrogen-bond donors (Lipinski definition) is 1. The average Bonchev–Trinajstić information content (AvgIpc) is 2.56. The van der Waals surface area contributed by atoms with Crippen LogP contribution >= 0.6 is 0 Å². The minimum atomic E-state index is -0.296. The Hall–Kier alpha value is -2.62. The van der Waals surface area contributed by atoms with Crippen molar-refractivity contribution in [2.24, 2.45) is 0 Å². The molecule has 0 aromatic heterocycles. The van der Waals surface area contributed by atoms with E-state index in [0.29, 0.717) is 12.2 Å². The summed E-state index contributed by atoms with van der Waals surface area (Å²) in [5.74, 6) is -0.499. The number of rotatable bonds is 6. The molecule has 2 amide bonds. The lowest BCUT2D eigenvalue weighted by Crippen LogP contribution is -2.33. The van der Waals surface area contributed by atoms with E-state index in [0.717, 1.165) is 17.7 Å². The number of nitrogens with one attached hydrogen (secondary N) is 1. The normalized spacial score (nSPS) is 10.3. The van der Waals surface area contributed by atoms with Crippen LogP contribution in [0.1, 0.15) is 31.4 Å². The van der Waals surface area contributed by atoms with Crippen molar-refractivity contribution in [1.29, 1.82) is 0 Å². The topological polar surface area (TPSA) is 49.4 Å². The van der Waals surface area contributed by atoms with Crippen LogP contribution in [0.4, 0.5) is 11.4 Å². The van der Waals surface area contributed by atoms with Crippen molar-refractivity contribution in [2.45, 2.75) is 33.6 Å². The fourth-order valence-corrected chi connectivity index (χ4v) is 2.56. The van der Waals surface area contributed by atoms with Crippen molar-refractivity contribution in [2.75, 3.05) is 16.8 Å². The molecule has 0 bridgehead atoms. The zero-order valence-corrected chi connectivity index (χ0v) is 14.5. The Kier molecular flexibility index (Phi) is 6.13. The molecule has 0 saturated heterocycles. The van der Waals surface area contributed by atoms with Crippen LogP contribution in [-0.4, -0.2) is 18.4 Å². The first-order chi connectivity index (χ1) is 11.5. The average molecular weight is 324 g/mol. The summed E-state index contributed by atoms with van der Waals surface area (Å²) in [5, 5.41) is 2.78. The number of amides is 2. The van der Waals surface area contributed by atoms with Gasteiger partial charge in [0, 0.05) is 17.9 Å². The Morgan fingerprint density at radius 2 is 1.75 bits per heavy atom. The van der Waals surface area contributed by atoms with Crippen LogP contribution in [0.15, 0.2) is 48.5 Å². The second-order valence-electron chi connectivity index (χ2n) is 5.75. The SMILES string of the molecule is CCc1ccc(NC(=O)CC(=O)N(CC)c2cccc(C)c2)cc1. The highest BCUT2D eigenvalue weighted by Crippen LogP contribution is 2.17. The maximum Gasteiger partial charge on any atom is 0.236 e. The molecule has 0 fully saturated rings. The molecule has 0 spiro atoms. The Morgan fingerprint density at radius 3 is 2.33 bits per heavy atom. The molecule has 0 radical (unpaired) electrons. The summed E-state index contributed by atoms with van der Waals surface area (Å²) in [6.45, 7) is 6.49. The van der Waals surface area contributed by atoms with Crippen LogP contribution in [0.2, 0.25) is 0 Å². The lowest BCUT2D eigenvalue weighted by molar-refractivity contribution is -0.125. The zero-order chi connectivity index (χ0) is 17.5. The molecule has 0 atom stereocenters. The lowest BCUT2D eigenvalue weighted by Gasteiger charge is -2.21. The van der Waals surface area contributed by atoms with Gasteiger partial charge in [-0.15, -0.1) is 0 Å². The smallest absolute Gasteiger partial charge is 0.236 e. The molecule has 4 nitrogen and oxygen atoms in total. The summed E-state index contributed by atoms with van der Waals surface area (Å²) in [6, 6.07) is 15.4. The van der Waals surface area contributed by atoms with Gasteiger partial charge in [0.2, 0.25) is 11.8 Å². The van der Waals surface area contributed by atoms with Crippen LogP contribution in [-0.2, 0) is 16.0 Å². The predicted molar refractivity (Wildman–Crippen MR) is 98.3 cm³/mol. The van der Waals surface area contributed by atoms with E-state index in [2.05, 4.69) is 12.2 Å². The highest BCUT2D eigenvalue weighted by molar-refractivity contribution is 6.09. The minimum Gasteiger partial charge on any atom is -0.326 e. The molecule has 0 heterocycles. The molecule has 0 aliphatic rings. The molecule has 4 heteroatoms. The van der Waals surface area contributed by atoms with E-state index < -0.39 is 0 Å². The molecule has 126 valence electrons. The van der Waals surface area contributed by atoms with Gasteiger partial charge in [-0.1, -0.05) is 31.2 Å². The second kappa shape index (κ2) is 8.29. The van der Waals surface area contributed by atoms with Crippen LogP contribution in [0.25, 0.3) is 0 Å². The van der Waals surface area contributed by atoms with E-state index in [1.807, 2.05) is 62.4 Å². The third kappa shape index (κ3) is 4.69. The van der Waals surface area contributed by atoms with E-state index in [-0.39, 0.29) is 18.2 Å². The highest BCUT2D eigenvalue weighted by atomic mass is 16.2. The third-order valence-electron chi connectivity index (χ3n) is 3.89. The first kappa shape index (κ1) is 17.7. The molecule has 0 aliphatic carbocycles. The summed E-state index contributed by atoms with van der Waals surface area (Å²) < 4.78 is 0. The fraction of sp³-hybridized carbons (Fsp3) is 0.300. The van der Waals surface area contributed by atoms with Crippen molar-refractivity contribution in [3.05, 3.63) is 59.7 Å². The predicted octanol–water partition coefficient (Wildman–Crippen LogP) is 3.94.